The molecule has 3 aromatic rings. The lowest BCUT2D eigenvalue weighted by molar-refractivity contribution is 0.0223. The fourth-order valence-electron chi connectivity index (χ4n) is 3.73. The standard InChI is InChI=1S/C24H27FN4O5/c1-23(2,3)33-22(31)29-11-12-32-19-15(9-10-26-17(19)13-29)21(30)27-24(4,5)20-14-7-6-8-16(25)18(14)34-28-20/h6-10H,11-13H2,1-5H3,(H,27,30). The summed E-state index contributed by atoms with van der Waals surface area (Å²) in [5, 5.41) is 7.40. The van der Waals surface area contributed by atoms with E-state index in [1.165, 1.54) is 17.2 Å². The van der Waals surface area contributed by atoms with Crippen LogP contribution in [0.1, 0.15) is 56.4 Å². The number of carbonyl (C=O) groups is 2. The molecule has 4 rings (SSSR count). The van der Waals surface area contributed by atoms with Crippen LogP contribution in [0.2, 0.25) is 0 Å². The first-order valence-corrected chi connectivity index (χ1v) is 10.9. The number of carbonyl (C=O) groups excluding carboxylic acids is 2. The number of pyridine rings is 1. The van der Waals surface area contributed by atoms with Crippen LogP contribution in [0, 0.1) is 5.82 Å². The molecule has 1 aliphatic heterocycles. The summed E-state index contributed by atoms with van der Waals surface area (Å²) in [5.74, 6) is -0.652. The molecule has 1 aromatic carbocycles. The Bertz CT molecular complexity index is 1250. The molecule has 1 N–H and O–H groups in total. The third kappa shape index (κ3) is 4.66. The van der Waals surface area contributed by atoms with Crippen LogP contribution in [0.4, 0.5) is 9.18 Å². The molecular formula is C24H27FN4O5. The van der Waals surface area contributed by atoms with Gasteiger partial charge in [-0.1, -0.05) is 11.2 Å². The number of nitrogens with zero attached hydrogens (tertiary/aromatic N) is 3. The Labute approximate surface area is 196 Å². The molecule has 1 aliphatic rings. The summed E-state index contributed by atoms with van der Waals surface area (Å²) in [4.78, 5) is 31.6. The molecule has 0 unspecified atom stereocenters. The average Bonchev–Trinajstić information content (AvgIpc) is 3.07. The van der Waals surface area contributed by atoms with Crippen molar-refractivity contribution in [3.8, 4) is 5.75 Å². The minimum atomic E-state index is -0.987. The molecule has 2 aromatic heterocycles. The molecule has 3 heterocycles. The van der Waals surface area contributed by atoms with Crippen molar-refractivity contribution in [2.45, 2.75) is 52.3 Å². The first-order chi connectivity index (χ1) is 16.0. The minimum absolute atomic E-state index is 0.0307. The number of hydrogen-bond donors (Lipinski definition) is 1. The van der Waals surface area contributed by atoms with Gasteiger partial charge in [0.2, 0.25) is 5.58 Å². The van der Waals surface area contributed by atoms with Gasteiger partial charge in [-0.15, -0.1) is 0 Å². The molecule has 180 valence electrons. The van der Waals surface area contributed by atoms with Crippen LogP contribution in [0.5, 0.6) is 5.75 Å². The van der Waals surface area contributed by atoms with Crippen LogP contribution < -0.4 is 10.1 Å². The summed E-state index contributed by atoms with van der Waals surface area (Å²) in [6.45, 7) is 9.48. The Morgan fingerprint density at radius 2 is 1.94 bits per heavy atom. The molecule has 0 radical (unpaired) electrons. The zero-order valence-corrected chi connectivity index (χ0v) is 19.8. The van der Waals surface area contributed by atoms with Gasteiger partial charge >= 0.3 is 6.09 Å². The zero-order chi connectivity index (χ0) is 24.7. The van der Waals surface area contributed by atoms with Gasteiger partial charge in [-0.2, -0.15) is 0 Å². The number of benzene rings is 1. The molecule has 0 bridgehead atoms. The van der Waals surface area contributed by atoms with Crippen LogP contribution in [0.25, 0.3) is 11.0 Å². The van der Waals surface area contributed by atoms with Crippen molar-refractivity contribution in [2.75, 3.05) is 13.2 Å². The van der Waals surface area contributed by atoms with Gasteiger partial charge in [0.1, 0.15) is 23.6 Å². The molecule has 0 saturated heterocycles. The number of halogens is 1. The van der Waals surface area contributed by atoms with Crippen LogP contribution in [0.15, 0.2) is 35.0 Å². The SMILES string of the molecule is CC(C)(C)OC(=O)N1CCOc2c(C(=O)NC(C)(C)c3noc4c(F)cccc34)ccnc2C1. The average molecular weight is 471 g/mol. The molecule has 0 fully saturated rings. The van der Waals surface area contributed by atoms with Crippen molar-refractivity contribution in [3.63, 3.8) is 0 Å². The zero-order valence-electron chi connectivity index (χ0n) is 19.8. The van der Waals surface area contributed by atoms with Gasteiger partial charge < -0.3 is 19.3 Å². The highest BCUT2D eigenvalue weighted by Gasteiger charge is 2.33. The van der Waals surface area contributed by atoms with Gasteiger partial charge in [-0.25, -0.2) is 9.18 Å². The maximum absolute atomic E-state index is 14.0. The monoisotopic (exact) mass is 470 g/mol. The highest BCUT2D eigenvalue weighted by molar-refractivity contribution is 5.98. The summed E-state index contributed by atoms with van der Waals surface area (Å²) >= 11 is 0. The van der Waals surface area contributed by atoms with Crippen molar-refractivity contribution >= 4 is 23.0 Å². The predicted molar refractivity (Wildman–Crippen MR) is 121 cm³/mol. The maximum Gasteiger partial charge on any atom is 0.410 e. The van der Waals surface area contributed by atoms with E-state index in [4.69, 9.17) is 14.0 Å². The second-order valence-electron chi connectivity index (χ2n) is 9.61. The lowest BCUT2D eigenvalue weighted by atomic mass is 9.96. The van der Waals surface area contributed by atoms with E-state index < -0.39 is 29.0 Å². The lowest BCUT2D eigenvalue weighted by Gasteiger charge is -2.26. The summed E-state index contributed by atoms with van der Waals surface area (Å²) in [5.41, 5.74) is -0.483. The number of fused-ring (bicyclic) bond motifs is 2. The highest BCUT2D eigenvalue weighted by Crippen LogP contribution is 2.31. The molecule has 2 amide bonds. The Kier molecular flexibility index (Phi) is 5.93. The van der Waals surface area contributed by atoms with Gasteiger partial charge in [0.25, 0.3) is 5.91 Å². The van der Waals surface area contributed by atoms with E-state index in [0.717, 1.165) is 0 Å². The molecule has 0 atom stereocenters. The van der Waals surface area contributed by atoms with Crippen LogP contribution >= 0.6 is 0 Å². The minimum Gasteiger partial charge on any atom is -0.489 e. The van der Waals surface area contributed by atoms with Crippen molar-refractivity contribution in [1.82, 2.24) is 20.4 Å². The van der Waals surface area contributed by atoms with E-state index >= 15 is 0 Å². The Morgan fingerprint density at radius 3 is 2.68 bits per heavy atom. The molecule has 9 nitrogen and oxygen atoms in total. The first kappa shape index (κ1) is 23.5. The number of para-hydroxylation sites is 1. The molecule has 0 aliphatic carbocycles. The molecule has 10 heteroatoms. The van der Waals surface area contributed by atoms with E-state index in [1.54, 1.807) is 52.8 Å². The van der Waals surface area contributed by atoms with Crippen molar-refractivity contribution in [1.29, 1.82) is 0 Å². The summed E-state index contributed by atoms with van der Waals surface area (Å²) in [7, 11) is 0. The van der Waals surface area contributed by atoms with E-state index in [-0.39, 0.29) is 30.8 Å². The number of amides is 2. The van der Waals surface area contributed by atoms with Gasteiger partial charge in [-0.3, -0.25) is 14.7 Å². The third-order valence-corrected chi connectivity index (χ3v) is 5.29. The Hall–Kier alpha value is -3.69. The normalized spacial score (nSPS) is 14.2. The lowest BCUT2D eigenvalue weighted by Crippen LogP contribution is -2.41. The Morgan fingerprint density at radius 1 is 1.18 bits per heavy atom. The molecule has 0 saturated carbocycles. The number of nitrogens with one attached hydrogen (secondary N) is 1. The first-order valence-electron chi connectivity index (χ1n) is 10.9. The summed E-state index contributed by atoms with van der Waals surface area (Å²) < 4.78 is 30.5. The highest BCUT2D eigenvalue weighted by atomic mass is 19.1. The van der Waals surface area contributed by atoms with Gasteiger partial charge in [-0.05, 0) is 52.8 Å². The topological polar surface area (TPSA) is 107 Å². The number of hydrogen-bond acceptors (Lipinski definition) is 7. The summed E-state index contributed by atoms with van der Waals surface area (Å²) in [6, 6.07) is 6.08. The third-order valence-electron chi connectivity index (χ3n) is 5.29. The smallest absolute Gasteiger partial charge is 0.410 e. The number of rotatable bonds is 3. The predicted octanol–water partition coefficient (Wildman–Crippen LogP) is 4.16. The second-order valence-corrected chi connectivity index (χ2v) is 9.61. The van der Waals surface area contributed by atoms with E-state index in [0.29, 0.717) is 22.5 Å². The second kappa shape index (κ2) is 8.58. The van der Waals surface area contributed by atoms with Crippen LogP contribution in [0.3, 0.4) is 0 Å². The quantitative estimate of drug-likeness (QED) is 0.613. The van der Waals surface area contributed by atoms with E-state index in [2.05, 4.69) is 15.5 Å². The van der Waals surface area contributed by atoms with E-state index in [9.17, 15) is 14.0 Å². The van der Waals surface area contributed by atoms with Crippen LogP contribution in [-0.2, 0) is 16.8 Å². The maximum atomic E-state index is 14.0. The van der Waals surface area contributed by atoms with Gasteiger partial charge in [0.15, 0.2) is 11.6 Å². The number of aromatic nitrogens is 2. The molecule has 0 spiro atoms. The summed E-state index contributed by atoms with van der Waals surface area (Å²) in [6.07, 6.45) is 1.01. The van der Waals surface area contributed by atoms with E-state index in [1.807, 2.05) is 0 Å². The van der Waals surface area contributed by atoms with Gasteiger partial charge in [0, 0.05) is 6.20 Å². The van der Waals surface area contributed by atoms with Gasteiger partial charge in [0.05, 0.1) is 29.6 Å². The van der Waals surface area contributed by atoms with Crippen LogP contribution in [-0.4, -0.2) is 45.8 Å². The Balaban J connectivity index is 1.58. The molecule has 34 heavy (non-hydrogen) atoms. The van der Waals surface area contributed by atoms with Crippen molar-refractivity contribution < 1.29 is 28.0 Å². The van der Waals surface area contributed by atoms with Crippen molar-refractivity contribution in [2.24, 2.45) is 0 Å². The fraction of sp³-hybridized carbons (Fsp3) is 0.417. The largest absolute Gasteiger partial charge is 0.489 e. The molecular weight excluding hydrogens is 443 g/mol. The van der Waals surface area contributed by atoms with Crippen molar-refractivity contribution in [3.05, 3.63) is 53.2 Å². The fourth-order valence-corrected chi connectivity index (χ4v) is 3.73. The number of ether oxygens (including phenoxy) is 2.